The van der Waals surface area contributed by atoms with Crippen molar-refractivity contribution in [2.75, 3.05) is 18.0 Å². The highest BCUT2D eigenvalue weighted by molar-refractivity contribution is 6.46. The molecule has 3 aromatic rings. The molecule has 0 bridgehead atoms. The number of ether oxygens (including phenoxy) is 1. The topological polar surface area (TPSA) is 70.1 Å². The van der Waals surface area contributed by atoms with Gasteiger partial charge in [-0.3, -0.25) is 9.59 Å². The van der Waals surface area contributed by atoms with Gasteiger partial charge in [0.15, 0.2) is 0 Å². The number of nitrogens with zero attached hydrogens (tertiary/aromatic N) is 2. The molecule has 0 aromatic heterocycles. The number of carbonyl (C=O) groups excluding carboxylic acids is 2. The molecule has 1 aliphatic heterocycles. The van der Waals surface area contributed by atoms with Crippen molar-refractivity contribution in [3.8, 4) is 5.75 Å². The summed E-state index contributed by atoms with van der Waals surface area (Å²) in [6.45, 7) is 9.71. The minimum atomic E-state index is -0.819. The van der Waals surface area contributed by atoms with Crippen LogP contribution in [0, 0.1) is 5.82 Å². The van der Waals surface area contributed by atoms with E-state index in [1.54, 1.807) is 36.4 Å². The highest BCUT2D eigenvalue weighted by atomic mass is 19.1. The molecular weight excluding hydrogens is 483 g/mol. The zero-order valence-electron chi connectivity index (χ0n) is 22.1. The van der Waals surface area contributed by atoms with Crippen LogP contribution < -0.4 is 9.64 Å². The van der Waals surface area contributed by atoms with E-state index in [0.29, 0.717) is 22.4 Å². The van der Waals surface area contributed by atoms with Crippen LogP contribution >= 0.6 is 0 Å². The molecule has 1 N–H and O–H groups in total. The molecule has 0 aliphatic carbocycles. The van der Waals surface area contributed by atoms with Crippen LogP contribution in [-0.2, 0) is 16.1 Å². The van der Waals surface area contributed by atoms with E-state index in [-0.39, 0.29) is 29.8 Å². The number of anilines is 1. The van der Waals surface area contributed by atoms with Gasteiger partial charge < -0.3 is 19.6 Å². The number of likely N-dealkylation sites (tertiary alicyclic amines) is 1. The first-order valence-corrected chi connectivity index (χ1v) is 12.9. The van der Waals surface area contributed by atoms with Gasteiger partial charge in [-0.25, -0.2) is 4.39 Å². The zero-order chi connectivity index (χ0) is 27.4. The number of Topliss-reactive ketones (excluding diaryl/α,β-unsaturated/α-hetero) is 1. The Labute approximate surface area is 223 Å². The summed E-state index contributed by atoms with van der Waals surface area (Å²) < 4.78 is 19.3. The molecule has 0 radical (unpaired) electrons. The molecule has 1 amide bonds. The van der Waals surface area contributed by atoms with Crippen LogP contribution in [0.4, 0.5) is 10.1 Å². The summed E-state index contributed by atoms with van der Waals surface area (Å²) in [6, 6.07) is 19.5. The second-order valence-electron chi connectivity index (χ2n) is 9.51. The van der Waals surface area contributed by atoms with Crippen LogP contribution in [0.2, 0.25) is 0 Å². The van der Waals surface area contributed by atoms with E-state index in [1.165, 1.54) is 17.0 Å². The van der Waals surface area contributed by atoms with E-state index in [2.05, 4.69) is 18.7 Å². The first-order chi connectivity index (χ1) is 18.2. The van der Waals surface area contributed by atoms with E-state index in [1.807, 2.05) is 38.1 Å². The number of carbonyl (C=O) groups is 2. The number of hydrogen-bond acceptors (Lipinski definition) is 5. The minimum absolute atomic E-state index is 0.00870. The monoisotopic (exact) mass is 516 g/mol. The van der Waals surface area contributed by atoms with E-state index in [0.717, 1.165) is 18.8 Å². The summed E-state index contributed by atoms with van der Waals surface area (Å²) in [5.74, 6) is -1.59. The number of hydrogen-bond donors (Lipinski definition) is 1. The Morgan fingerprint density at radius 1 is 1.00 bits per heavy atom. The van der Waals surface area contributed by atoms with E-state index < -0.39 is 17.7 Å². The lowest BCUT2D eigenvalue weighted by Gasteiger charge is -2.27. The summed E-state index contributed by atoms with van der Waals surface area (Å²) >= 11 is 0. The largest absolute Gasteiger partial charge is 0.507 e. The Bertz CT molecular complexity index is 1330. The van der Waals surface area contributed by atoms with Gasteiger partial charge in [-0.2, -0.15) is 0 Å². The highest BCUT2D eigenvalue weighted by Gasteiger charge is 2.46. The Balaban J connectivity index is 1.82. The number of halogens is 1. The molecule has 1 unspecified atom stereocenters. The van der Waals surface area contributed by atoms with Crippen LogP contribution in [0.15, 0.2) is 78.4 Å². The van der Waals surface area contributed by atoms with Crippen molar-refractivity contribution in [2.45, 2.75) is 46.4 Å². The van der Waals surface area contributed by atoms with Crippen molar-refractivity contribution in [1.29, 1.82) is 0 Å². The molecule has 4 rings (SSSR count). The summed E-state index contributed by atoms with van der Waals surface area (Å²) in [5, 5.41) is 11.4. The van der Waals surface area contributed by atoms with Crippen molar-refractivity contribution >= 4 is 23.1 Å². The molecule has 1 fully saturated rings. The predicted molar refractivity (Wildman–Crippen MR) is 146 cm³/mol. The first kappa shape index (κ1) is 26.9. The predicted octanol–water partition coefficient (Wildman–Crippen LogP) is 6.08. The zero-order valence-corrected chi connectivity index (χ0v) is 22.1. The summed E-state index contributed by atoms with van der Waals surface area (Å²) in [6.07, 6.45) is -0.0713. The third-order valence-electron chi connectivity index (χ3n) is 6.62. The third kappa shape index (κ3) is 5.57. The number of ketones is 1. The molecule has 1 heterocycles. The maximum Gasteiger partial charge on any atom is 0.295 e. The summed E-state index contributed by atoms with van der Waals surface area (Å²) in [4.78, 5) is 30.3. The quantitative estimate of drug-likeness (QED) is 0.212. The number of aliphatic hydroxyl groups is 1. The van der Waals surface area contributed by atoms with Crippen LogP contribution in [0.1, 0.15) is 50.4 Å². The minimum Gasteiger partial charge on any atom is -0.507 e. The smallest absolute Gasteiger partial charge is 0.295 e. The van der Waals surface area contributed by atoms with Crippen molar-refractivity contribution in [3.05, 3.63) is 101 Å². The van der Waals surface area contributed by atoms with Gasteiger partial charge in [0.2, 0.25) is 0 Å². The van der Waals surface area contributed by atoms with Crippen LogP contribution in [0.3, 0.4) is 0 Å². The molecule has 198 valence electrons. The fourth-order valence-electron chi connectivity index (χ4n) is 4.78. The van der Waals surface area contributed by atoms with Crippen LogP contribution in [-0.4, -0.2) is 40.9 Å². The van der Waals surface area contributed by atoms with Gasteiger partial charge in [-0.15, -0.1) is 0 Å². The Kier molecular flexibility index (Phi) is 8.15. The molecule has 7 heteroatoms. The van der Waals surface area contributed by atoms with Gasteiger partial charge in [0.25, 0.3) is 11.7 Å². The molecule has 1 saturated heterocycles. The lowest BCUT2D eigenvalue weighted by atomic mass is 9.94. The maximum atomic E-state index is 13.5. The molecule has 0 spiro atoms. The number of aliphatic hydroxyl groups excluding tert-OH is 1. The normalized spacial score (nSPS) is 16.8. The SMILES string of the molecule is CCN(CC)c1ccc(C2/C(=C(/O)c3cccc(OC(C)C)c3)C(=O)C(=O)N2Cc2ccc(F)cc2)cc1. The van der Waals surface area contributed by atoms with Gasteiger partial charge in [0.05, 0.1) is 17.7 Å². The number of rotatable bonds is 9. The average Bonchev–Trinajstić information content (AvgIpc) is 3.15. The molecule has 1 aliphatic rings. The van der Waals surface area contributed by atoms with E-state index in [4.69, 9.17) is 4.74 Å². The molecule has 0 saturated carbocycles. The van der Waals surface area contributed by atoms with Crippen molar-refractivity contribution in [1.82, 2.24) is 4.90 Å². The van der Waals surface area contributed by atoms with Crippen molar-refractivity contribution < 1.29 is 23.8 Å². The lowest BCUT2D eigenvalue weighted by Crippen LogP contribution is -2.29. The van der Waals surface area contributed by atoms with Gasteiger partial charge in [-0.05, 0) is 75.2 Å². The molecule has 38 heavy (non-hydrogen) atoms. The van der Waals surface area contributed by atoms with Gasteiger partial charge in [0.1, 0.15) is 17.3 Å². The standard InChI is InChI=1S/C31H33FN2O4/c1-5-33(6-2)25-16-12-22(13-17-25)28-27(29(35)23-8-7-9-26(18-23)38-20(3)4)30(36)31(37)34(28)19-21-10-14-24(32)15-11-21/h7-18,20,28,35H,5-6,19H2,1-4H3/b29-27-. The number of amides is 1. The molecular formula is C31H33FN2O4. The second kappa shape index (κ2) is 11.5. The first-order valence-electron chi connectivity index (χ1n) is 12.9. The van der Waals surface area contributed by atoms with Crippen LogP contribution in [0.5, 0.6) is 5.75 Å². The Hall–Kier alpha value is -4.13. The fourth-order valence-corrected chi connectivity index (χ4v) is 4.78. The maximum absolute atomic E-state index is 13.5. The summed E-state index contributed by atoms with van der Waals surface area (Å²) in [5.41, 5.74) is 2.78. The average molecular weight is 517 g/mol. The van der Waals surface area contributed by atoms with Gasteiger partial charge >= 0.3 is 0 Å². The Morgan fingerprint density at radius 3 is 2.26 bits per heavy atom. The lowest BCUT2D eigenvalue weighted by molar-refractivity contribution is -0.140. The van der Waals surface area contributed by atoms with Crippen molar-refractivity contribution in [2.24, 2.45) is 0 Å². The highest BCUT2D eigenvalue weighted by Crippen LogP contribution is 2.41. The van der Waals surface area contributed by atoms with Gasteiger partial charge in [-0.1, -0.05) is 36.4 Å². The van der Waals surface area contributed by atoms with E-state index in [9.17, 15) is 19.1 Å². The summed E-state index contributed by atoms with van der Waals surface area (Å²) in [7, 11) is 0. The van der Waals surface area contributed by atoms with Crippen LogP contribution in [0.25, 0.3) is 5.76 Å². The van der Waals surface area contributed by atoms with E-state index >= 15 is 0 Å². The molecule has 1 atom stereocenters. The van der Waals surface area contributed by atoms with Crippen molar-refractivity contribution in [3.63, 3.8) is 0 Å². The molecule has 3 aromatic carbocycles. The Morgan fingerprint density at radius 2 is 1.66 bits per heavy atom. The number of benzene rings is 3. The van der Waals surface area contributed by atoms with Gasteiger partial charge in [0, 0.05) is 30.9 Å². The molecule has 6 nitrogen and oxygen atoms in total. The third-order valence-corrected chi connectivity index (χ3v) is 6.62. The second-order valence-corrected chi connectivity index (χ2v) is 9.51. The fraction of sp³-hybridized carbons (Fsp3) is 0.290.